The molecule has 5 nitrogen and oxygen atoms in total. The van der Waals surface area contributed by atoms with Crippen molar-refractivity contribution >= 4 is 5.97 Å². The van der Waals surface area contributed by atoms with Crippen LogP contribution in [0.5, 0.6) is 0 Å². The molecule has 5 heteroatoms. The zero-order valence-corrected chi connectivity index (χ0v) is 11.9. The standard InChI is InChI=1S/C13H25NO4/c1-5-14(6-2)8-7-12(15)16-9-11-10-17-13(3,4)18-11/h11H,5-10H2,1-4H3/t11-/m1/s1. The number of hydrogen-bond donors (Lipinski definition) is 0. The highest BCUT2D eigenvalue weighted by Crippen LogP contribution is 2.22. The number of rotatable bonds is 7. The van der Waals surface area contributed by atoms with Crippen molar-refractivity contribution in [1.29, 1.82) is 0 Å². The molecule has 1 aliphatic rings. The molecule has 0 amide bonds. The summed E-state index contributed by atoms with van der Waals surface area (Å²) in [4.78, 5) is 13.7. The minimum absolute atomic E-state index is 0.141. The Bertz CT molecular complexity index is 264. The summed E-state index contributed by atoms with van der Waals surface area (Å²) >= 11 is 0. The van der Waals surface area contributed by atoms with Crippen molar-refractivity contribution in [2.75, 3.05) is 32.8 Å². The van der Waals surface area contributed by atoms with E-state index in [-0.39, 0.29) is 18.7 Å². The van der Waals surface area contributed by atoms with Crippen LogP contribution in [0.25, 0.3) is 0 Å². The quantitative estimate of drug-likeness (QED) is 0.647. The van der Waals surface area contributed by atoms with Crippen LogP contribution in [0.15, 0.2) is 0 Å². The Balaban J connectivity index is 2.14. The Kier molecular flexibility index (Phi) is 6.05. The van der Waals surface area contributed by atoms with E-state index in [0.29, 0.717) is 13.0 Å². The van der Waals surface area contributed by atoms with Crippen LogP contribution in [0.2, 0.25) is 0 Å². The smallest absolute Gasteiger partial charge is 0.307 e. The van der Waals surface area contributed by atoms with E-state index in [9.17, 15) is 4.79 Å². The number of ether oxygens (including phenoxy) is 3. The van der Waals surface area contributed by atoms with E-state index in [4.69, 9.17) is 14.2 Å². The molecule has 0 aliphatic carbocycles. The predicted octanol–water partition coefficient (Wildman–Crippen LogP) is 1.41. The highest BCUT2D eigenvalue weighted by molar-refractivity contribution is 5.69. The highest BCUT2D eigenvalue weighted by Gasteiger charge is 2.33. The number of hydrogen-bond acceptors (Lipinski definition) is 5. The van der Waals surface area contributed by atoms with Crippen LogP contribution in [-0.4, -0.2) is 55.6 Å². The molecule has 18 heavy (non-hydrogen) atoms. The summed E-state index contributed by atoms with van der Waals surface area (Å²) in [6, 6.07) is 0. The third-order valence-corrected chi connectivity index (χ3v) is 3.02. The van der Waals surface area contributed by atoms with Crippen LogP contribution in [0.3, 0.4) is 0 Å². The molecule has 0 aromatic carbocycles. The molecule has 1 saturated heterocycles. The van der Waals surface area contributed by atoms with Crippen molar-refractivity contribution in [3.05, 3.63) is 0 Å². The summed E-state index contributed by atoms with van der Waals surface area (Å²) < 4.78 is 16.1. The first-order valence-corrected chi connectivity index (χ1v) is 6.66. The molecular formula is C13H25NO4. The fourth-order valence-electron chi connectivity index (χ4n) is 1.89. The van der Waals surface area contributed by atoms with Gasteiger partial charge >= 0.3 is 5.97 Å². The van der Waals surface area contributed by atoms with E-state index in [2.05, 4.69) is 18.7 Å². The molecule has 1 rings (SSSR count). The lowest BCUT2D eigenvalue weighted by molar-refractivity contribution is -0.158. The van der Waals surface area contributed by atoms with Gasteiger partial charge in [0.25, 0.3) is 0 Å². The van der Waals surface area contributed by atoms with Gasteiger partial charge in [0.15, 0.2) is 5.79 Å². The van der Waals surface area contributed by atoms with Gasteiger partial charge in [0.05, 0.1) is 13.0 Å². The topological polar surface area (TPSA) is 48.0 Å². The van der Waals surface area contributed by atoms with Gasteiger partial charge in [0.1, 0.15) is 12.7 Å². The lowest BCUT2D eigenvalue weighted by Gasteiger charge is -2.18. The molecule has 0 spiro atoms. The number of carbonyl (C=O) groups excluding carboxylic acids is 1. The minimum atomic E-state index is -0.557. The van der Waals surface area contributed by atoms with E-state index in [1.54, 1.807) is 0 Å². The fraction of sp³-hybridized carbons (Fsp3) is 0.923. The van der Waals surface area contributed by atoms with E-state index in [1.165, 1.54) is 0 Å². The first-order valence-electron chi connectivity index (χ1n) is 6.66. The third kappa shape index (κ3) is 5.33. The number of carbonyl (C=O) groups is 1. The van der Waals surface area contributed by atoms with Gasteiger partial charge in [0.2, 0.25) is 0 Å². The van der Waals surface area contributed by atoms with Crippen LogP contribution >= 0.6 is 0 Å². The second-order valence-corrected chi connectivity index (χ2v) is 4.91. The summed E-state index contributed by atoms with van der Waals surface area (Å²) in [5, 5.41) is 0. The molecule has 1 aliphatic heterocycles. The van der Waals surface area contributed by atoms with Crippen LogP contribution in [0, 0.1) is 0 Å². The van der Waals surface area contributed by atoms with Crippen molar-refractivity contribution in [2.24, 2.45) is 0 Å². The SMILES string of the molecule is CCN(CC)CCC(=O)OC[C@@H]1COC(C)(C)O1. The van der Waals surface area contributed by atoms with Gasteiger partial charge in [-0.05, 0) is 26.9 Å². The third-order valence-electron chi connectivity index (χ3n) is 3.02. The average molecular weight is 259 g/mol. The maximum atomic E-state index is 11.6. The van der Waals surface area contributed by atoms with E-state index < -0.39 is 5.79 Å². The van der Waals surface area contributed by atoms with Crippen molar-refractivity contribution in [1.82, 2.24) is 4.90 Å². The average Bonchev–Trinajstić information content (AvgIpc) is 2.68. The monoisotopic (exact) mass is 259 g/mol. The van der Waals surface area contributed by atoms with E-state index in [0.717, 1.165) is 19.6 Å². The van der Waals surface area contributed by atoms with Crippen molar-refractivity contribution < 1.29 is 19.0 Å². The molecule has 0 radical (unpaired) electrons. The molecule has 0 unspecified atom stereocenters. The van der Waals surface area contributed by atoms with Gasteiger partial charge in [-0.25, -0.2) is 0 Å². The predicted molar refractivity (Wildman–Crippen MR) is 68.3 cm³/mol. The first-order chi connectivity index (χ1) is 8.46. The van der Waals surface area contributed by atoms with Gasteiger partial charge in [0, 0.05) is 6.54 Å². The summed E-state index contributed by atoms with van der Waals surface area (Å²) in [5.74, 6) is -0.728. The molecule has 0 aromatic heterocycles. The second kappa shape index (κ2) is 7.07. The molecule has 0 saturated carbocycles. The van der Waals surface area contributed by atoms with E-state index >= 15 is 0 Å². The lowest BCUT2D eigenvalue weighted by Crippen LogP contribution is -2.28. The van der Waals surface area contributed by atoms with Crippen LogP contribution in [0.4, 0.5) is 0 Å². The maximum Gasteiger partial charge on any atom is 0.307 e. The Morgan fingerprint density at radius 3 is 2.56 bits per heavy atom. The van der Waals surface area contributed by atoms with Gasteiger partial charge in [-0.2, -0.15) is 0 Å². The summed E-state index contributed by atoms with van der Waals surface area (Å²) in [7, 11) is 0. The van der Waals surface area contributed by atoms with Gasteiger partial charge in [-0.3, -0.25) is 4.79 Å². The van der Waals surface area contributed by atoms with Crippen LogP contribution in [-0.2, 0) is 19.0 Å². The van der Waals surface area contributed by atoms with Gasteiger partial charge < -0.3 is 19.1 Å². The first kappa shape index (κ1) is 15.4. The van der Waals surface area contributed by atoms with Crippen molar-refractivity contribution in [2.45, 2.75) is 46.0 Å². The lowest BCUT2D eigenvalue weighted by atomic mass is 10.3. The summed E-state index contributed by atoms with van der Waals surface area (Å²) in [6.07, 6.45) is 0.288. The second-order valence-electron chi connectivity index (χ2n) is 4.91. The summed E-state index contributed by atoms with van der Waals surface area (Å²) in [5.41, 5.74) is 0. The fourth-order valence-corrected chi connectivity index (χ4v) is 1.89. The maximum absolute atomic E-state index is 11.6. The zero-order chi connectivity index (χ0) is 13.6. The molecule has 0 aromatic rings. The molecule has 1 atom stereocenters. The highest BCUT2D eigenvalue weighted by atomic mass is 16.7. The molecule has 106 valence electrons. The zero-order valence-electron chi connectivity index (χ0n) is 11.9. The van der Waals surface area contributed by atoms with Crippen LogP contribution in [0.1, 0.15) is 34.1 Å². The minimum Gasteiger partial charge on any atom is -0.463 e. The molecule has 0 N–H and O–H groups in total. The van der Waals surface area contributed by atoms with Crippen molar-refractivity contribution in [3.63, 3.8) is 0 Å². The normalized spacial score (nSPS) is 22.4. The number of esters is 1. The number of nitrogens with zero attached hydrogens (tertiary/aromatic N) is 1. The molecule has 1 fully saturated rings. The molecular weight excluding hydrogens is 234 g/mol. The molecule has 0 bridgehead atoms. The van der Waals surface area contributed by atoms with Crippen molar-refractivity contribution in [3.8, 4) is 0 Å². The van der Waals surface area contributed by atoms with Crippen LogP contribution < -0.4 is 0 Å². The Morgan fingerprint density at radius 2 is 2.06 bits per heavy atom. The Hall–Kier alpha value is -0.650. The molecule has 1 heterocycles. The Morgan fingerprint density at radius 1 is 1.39 bits per heavy atom. The summed E-state index contributed by atoms with van der Waals surface area (Å²) in [6.45, 7) is 11.3. The van der Waals surface area contributed by atoms with Gasteiger partial charge in [-0.15, -0.1) is 0 Å². The Labute approximate surface area is 109 Å². The van der Waals surface area contributed by atoms with E-state index in [1.807, 2.05) is 13.8 Å². The van der Waals surface area contributed by atoms with Gasteiger partial charge in [-0.1, -0.05) is 13.8 Å². The largest absolute Gasteiger partial charge is 0.463 e.